The number of hydrogen-bond donors (Lipinski definition) is 0. The molecule has 0 saturated carbocycles. The summed E-state index contributed by atoms with van der Waals surface area (Å²) in [4.78, 5) is 11.9. The molecule has 0 unspecified atom stereocenters. The van der Waals surface area contributed by atoms with Gasteiger partial charge in [-0.25, -0.2) is 0 Å². The van der Waals surface area contributed by atoms with Crippen molar-refractivity contribution in [3.8, 4) is 11.5 Å². The number of benzene rings is 2. The summed E-state index contributed by atoms with van der Waals surface area (Å²) >= 11 is 0. The Bertz CT molecular complexity index is 600. The van der Waals surface area contributed by atoms with Gasteiger partial charge in [0.25, 0.3) is 0 Å². The second kappa shape index (κ2) is 8.99. The van der Waals surface area contributed by atoms with Crippen molar-refractivity contribution in [3.05, 3.63) is 59.7 Å². The molecular formula is C20H24O3. The number of rotatable bonds is 8. The van der Waals surface area contributed by atoms with Crippen LogP contribution in [0.5, 0.6) is 11.5 Å². The second-order valence-electron chi connectivity index (χ2n) is 5.44. The molecule has 2 rings (SSSR count). The van der Waals surface area contributed by atoms with Gasteiger partial charge in [-0.15, -0.1) is 0 Å². The third-order valence-corrected chi connectivity index (χ3v) is 3.55. The summed E-state index contributed by atoms with van der Waals surface area (Å²) in [6, 6.07) is 15.6. The van der Waals surface area contributed by atoms with Crippen molar-refractivity contribution in [2.45, 2.75) is 39.5 Å². The van der Waals surface area contributed by atoms with Gasteiger partial charge in [0, 0.05) is 6.42 Å². The molecule has 0 amide bonds. The van der Waals surface area contributed by atoms with E-state index in [4.69, 9.17) is 9.47 Å². The lowest BCUT2D eigenvalue weighted by Gasteiger charge is -2.07. The number of ether oxygens (including phenoxy) is 2. The number of hydrogen-bond acceptors (Lipinski definition) is 3. The highest BCUT2D eigenvalue weighted by molar-refractivity contribution is 5.72. The van der Waals surface area contributed by atoms with E-state index in [0.717, 1.165) is 24.2 Å². The van der Waals surface area contributed by atoms with Gasteiger partial charge in [-0.05, 0) is 55.2 Å². The smallest absolute Gasteiger partial charge is 0.311 e. The van der Waals surface area contributed by atoms with E-state index in [-0.39, 0.29) is 5.97 Å². The van der Waals surface area contributed by atoms with Crippen molar-refractivity contribution in [2.24, 2.45) is 0 Å². The molecule has 0 aliphatic rings. The van der Waals surface area contributed by atoms with E-state index in [0.29, 0.717) is 25.2 Å². The fourth-order valence-electron chi connectivity index (χ4n) is 2.36. The number of esters is 1. The normalized spacial score (nSPS) is 10.3. The average Bonchev–Trinajstić information content (AvgIpc) is 2.57. The number of carbonyl (C=O) groups excluding carboxylic acids is 1. The first kappa shape index (κ1) is 17.1. The minimum atomic E-state index is -0.206. The zero-order valence-electron chi connectivity index (χ0n) is 13.9. The van der Waals surface area contributed by atoms with Crippen molar-refractivity contribution in [2.75, 3.05) is 6.61 Å². The van der Waals surface area contributed by atoms with E-state index < -0.39 is 0 Å². The lowest BCUT2D eigenvalue weighted by molar-refractivity contribution is -0.134. The zero-order chi connectivity index (χ0) is 16.5. The molecular weight excluding hydrogens is 288 g/mol. The molecule has 122 valence electrons. The van der Waals surface area contributed by atoms with Gasteiger partial charge < -0.3 is 9.47 Å². The lowest BCUT2D eigenvalue weighted by Crippen LogP contribution is -2.09. The highest BCUT2D eigenvalue weighted by atomic mass is 16.5. The Morgan fingerprint density at radius 1 is 0.826 bits per heavy atom. The largest absolute Gasteiger partial charge is 0.494 e. The van der Waals surface area contributed by atoms with Crippen LogP contribution in [0.25, 0.3) is 0 Å². The quantitative estimate of drug-likeness (QED) is 0.529. The van der Waals surface area contributed by atoms with Crippen LogP contribution < -0.4 is 9.47 Å². The molecule has 23 heavy (non-hydrogen) atoms. The molecule has 0 aliphatic carbocycles. The van der Waals surface area contributed by atoms with E-state index in [1.807, 2.05) is 55.5 Å². The molecule has 2 aromatic rings. The Morgan fingerprint density at radius 2 is 1.39 bits per heavy atom. The van der Waals surface area contributed by atoms with Gasteiger partial charge in [0.1, 0.15) is 11.5 Å². The van der Waals surface area contributed by atoms with E-state index in [1.165, 1.54) is 5.56 Å². The van der Waals surface area contributed by atoms with Gasteiger partial charge in [-0.1, -0.05) is 37.6 Å². The highest BCUT2D eigenvalue weighted by Gasteiger charge is 2.06. The average molecular weight is 312 g/mol. The summed E-state index contributed by atoms with van der Waals surface area (Å²) in [7, 11) is 0. The second-order valence-corrected chi connectivity index (χ2v) is 5.44. The Hall–Kier alpha value is -2.29. The van der Waals surface area contributed by atoms with Crippen LogP contribution in [0, 0.1) is 0 Å². The summed E-state index contributed by atoms with van der Waals surface area (Å²) in [5.41, 5.74) is 2.37. The summed E-state index contributed by atoms with van der Waals surface area (Å²) in [5, 5.41) is 0. The molecule has 0 radical (unpaired) electrons. The van der Waals surface area contributed by atoms with Crippen LogP contribution in [-0.2, 0) is 17.6 Å². The molecule has 2 aromatic carbocycles. The molecule has 3 nitrogen and oxygen atoms in total. The van der Waals surface area contributed by atoms with Crippen molar-refractivity contribution < 1.29 is 14.3 Å². The fraction of sp³-hybridized carbons (Fsp3) is 0.350. The van der Waals surface area contributed by atoms with Crippen molar-refractivity contribution in [1.29, 1.82) is 0 Å². The fourth-order valence-corrected chi connectivity index (χ4v) is 2.36. The Labute approximate surface area is 138 Å². The third kappa shape index (κ3) is 5.78. The molecule has 3 heteroatoms. The van der Waals surface area contributed by atoms with Crippen LogP contribution in [0.15, 0.2) is 48.5 Å². The van der Waals surface area contributed by atoms with Crippen LogP contribution >= 0.6 is 0 Å². The maximum atomic E-state index is 11.9. The summed E-state index contributed by atoms with van der Waals surface area (Å²) < 4.78 is 10.8. The predicted molar refractivity (Wildman–Crippen MR) is 92.0 cm³/mol. The maximum absolute atomic E-state index is 11.9. The molecule has 0 bridgehead atoms. The summed E-state index contributed by atoms with van der Waals surface area (Å²) in [6.07, 6.45) is 3.19. The van der Waals surface area contributed by atoms with Crippen LogP contribution in [-0.4, -0.2) is 12.6 Å². The maximum Gasteiger partial charge on any atom is 0.311 e. The topological polar surface area (TPSA) is 35.5 Å². The molecule has 0 saturated heterocycles. The van der Waals surface area contributed by atoms with Crippen molar-refractivity contribution in [3.63, 3.8) is 0 Å². The third-order valence-electron chi connectivity index (χ3n) is 3.55. The van der Waals surface area contributed by atoms with Gasteiger partial charge in [-0.2, -0.15) is 0 Å². The van der Waals surface area contributed by atoms with Gasteiger partial charge in [-0.3, -0.25) is 4.79 Å². The monoisotopic (exact) mass is 312 g/mol. The van der Waals surface area contributed by atoms with Gasteiger partial charge in [0.2, 0.25) is 0 Å². The van der Waals surface area contributed by atoms with Gasteiger partial charge in [0.05, 0.1) is 6.61 Å². The molecule has 0 atom stereocenters. The van der Waals surface area contributed by atoms with Crippen LogP contribution in [0.3, 0.4) is 0 Å². The minimum Gasteiger partial charge on any atom is -0.494 e. The molecule has 0 N–H and O–H groups in total. The summed E-state index contributed by atoms with van der Waals surface area (Å²) in [5.74, 6) is 1.26. The summed E-state index contributed by atoms with van der Waals surface area (Å²) in [6.45, 7) is 4.76. The van der Waals surface area contributed by atoms with Gasteiger partial charge in [0.15, 0.2) is 0 Å². The molecule has 0 heterocycles. The minimum absolute atomic E-state index is 0.206. The Kier molecular flexibility index (Phi) is 6.67. The Balaban J connectivity index is 1.80. The Morgan fingerprint density at radius 3 is 1.96 bits per heavy atom. The first-order valence-corrected chi connectivity index (χ1v) is 8.22. The van der Waals surface area contributed by atoms with E-state index in [2.05, 4.69) is 6.92 Å². The van der Waals surface area contributed by atoms with E-state index in [9.17, 15) is 4.79 Å². The van der Waals surface area contributed by atoms with Crippen LogP contribution in [0.4, 0.5) is 0 Å². The standard InChI is InChI=1S/C20H24O3/c1-3-5-16-8-13-19(14-9-16)23-20(21)15-10-17-6-11-18(12-7-17)22-4-2/h6-9,11-14H,3-5,10,15H2,1-2H3. The predicted octanol–water partition coefficient (Wildman–Crippen LogP) is 4.58. The van der Waals surface area contributed by atoms with E-state index in [1.54, 1.807) is 0 Å². The first-order valence-electron chi connectivity index (χ1n) is 8.22. The van der Waals surface area contributed by atoms with Crippen LogP contribution in [0.2, 0.25) is 0 Å². The SMILES string of the molecule is CCCc1ccc(OC(=O)CCc2ccc(OCC)cc2)cc1. The molecule has 0 fully saturated rings. The van der Waals surface area contributed by atoms with Crippen molar-refractivity contribution >= 4 is 5.97 Å². The molecule has 0 spiro atoms. The molecule has 0 aliphatic heterocycles. The van der Waals surface area contributed by atoms with Crippen LogP contribution in [0.1, 0.15) is 37.8 Å². The highest BCUT2D eigenvalue weighted by Crippen LogP contribution is 2.16. The first-order chi connectivity index (χ1) is 11.2. The van der Waals surface area contributed by atoms with Gasteiger partial charge >= 0.3 is 5.97 Å². The zero-order valence-corrected chi connectivity index (χ0v) is 13.9. The molecule has 0 aromatic heterocycles. The van der Waals surface area contributed by atoms with Crippen molar-refractivity contribution in [1.82, 2.24) is 0 Å². The number of carbonyl (C=O) groups is 1. The number of aryl methyl sites for hydroxylation is 2. The van der Waals surface area contributed by atoms with E-state index >= 15 is 0 Å². The lowest BCUT2D eigenvalue weighted by atomic mass is 10.1.